The molecule has 3 aromatic rings. The van der Waals surface area contributed by atoms with Crippen LogP contribution in [0.4, 0.5) is 10.2 Å². The second-order valence-electron chi connectivity index (χ2n) is 4.50. The Morgan fingerprint density at radius 2 is 2.09 bits per heavy atom. The van der Waals surface area contributed by atoms with Crippen LogP contribution in [0.3, 0.4) is 0 Å². The minimum Gasteiger partial charge on any atom is -0.476 e. The number of halogens is 1. The molecule has 1 aromatic carbocycles. The first-order valence-electron chi connectivity index (χ1n) is 6.42. The van der Waals surface area contributed by atoms with Crippen LogP contribution >= 0.6 is 0 Å². The van der Waals surface area contributed by atoms with Gasteiger partial charge in [-0.15, -0.1) is 5.10 Å². The SMILES string of the molecule is O=C(O)c1nonc1NCn1nnnc1Cc1ccc(F)cc1. The zero-order chi connectivity index (χ0) is 16.2. The summed E-state index contributed by atoms with van der Waals surface area (Å²) in [5, 5.41) is 29.6. The van der Waals surface area contributed by atoms with Crippen molar-refractivity contribution in [3.63, 3.8) is 0 Å². The quantitative estimate of drug-likeness (QED) is 0.668. The van der Waals surface area contributed by atoms with E-state index in [0.717, 1.165) is 5.56 Å². The largest absolute Gasteiger partial charge is 0.476 e. The van der Waals surface area contributed by atoms with E-state index >= 15 is 0 Å². The molecule has 2 N–H and O–H groups in total. The molecule has 0 aliphatic heterocycles. The van der Waals surface area contributed by atoms with Crippen LogP contribution in [0.2, 0.25) is 0 Å². The Hall–Kier alpha value is -3.37. The van der Waals surface area contributed by atoms with Crippen LogP contribution in [0, 0.1) is 5.82 Å². The molecule has 2 heterocycles. The normalized spacial score (nSPS) is 10.7. The lowest BCUT2D eigenvalue weighted by molar-refractivity contribution is 0.0685. The van der Waals surface area contributed by atoms with Crippen molar-refractivity contribution in [2.75, 3.05) is 5.32 Å². The Bertz CT molecular complexity index is 814. The summed E-state index contributed by atoms with van der Waals surface area (Å²) in [6.45, 7) is 0.0675. The number of carbonyl (C=O) groups is 1. The summed E-state index contributed by atoms with van der Waals surface area (Å²) in [5.41, 5.74) is 0.495. The van der Waals surface area contributed by atoms with Crippen LogP contribution < -0.4 is 5.32 Å². The number of hydrogen-bond donors (Lipinski definition) is 2. The van der Waals surface area contributed by atoms with E-state index in [-0.39, 0.29) is 24.0 Å². The lowest BCUT2D eigenvalue weighted by atomic mass is 10.1. The van der Waals surface area contributed by atoms with E-state index in [2.05, 4.69) is 35.8 Å². The predicted molar refractivity (Wildman–Crippen MR) is 71.9 cm³/mol. The summed E-state index contributed by atoms with van der Waals surface area (Å²) in [6.07, 6.45) is 0.387. The lowest BCUT2D eigenvalue weighted by Gasteiger charge is -2.05. The summed E-state index contributed by atoms with van der Waals surface area (Å²) >= 11 is 0. The number of carboxylic acid groups (broad SMARTS) is 1. The van der Waals surface area contributed by atoms with Gasteiger partial charge in [-0.2, -0.15) is 0 Å². The Balaban J connectivity index is 1.70. The summed E-state index contributed by atoms with van der Waals surface area (Å²) in [5.74, 6) is -1.11. The molecule has 0 saturated heterocycles. The van der Waals surface area contributed by atoms with Gasteiger partial charge in [0.05, 0.1) is 0 Å². The molecule has 11 heteroatoms. The monoisotopic (exact) mass is 319 g/mol. The zero-order valence-corrected chi connectivity index (χ0v) is 11.5. The number of tetrazole rings is 1. The molecule has 0 amide bonds. The molecule has 0 aliphatic rings. The number of carboxylic acids is 1. The Kier molecular flexibility index (Phi) is 3.91. The van der Waals surface area contributed by atoms with Gasteiger partial charge in [-0.25, -0.2) is 18.5 Å². The highest BCUT2D eigenvalue weighted by Gasteiger charge is 2.17. The molecular formula is C12H10FN7O3. The maximum absolute atomic E-state index is 12.9. The van der Waals surface area contributed by atoms with Crippen molar-refractivity contribution in [2.24, 2.45) is 0 Å². The molecule has 0 bridgehead atoms. The van der Waals surface area contributed by atoms with Gasteiger partial charge in [0.15, 0.2) is 5.82 Å². The van der Waals surface area contributed by atoms with Gasteiger partial charge in [-0.05, 0) is 38.4 Å². The standard InChI is InChI=1S/C12H10FN7O3/c13-8-3-1-7(2-4-8)5-9-15-18-19-20(9)6-14-11-10(12(21)22)16-23-17-11/h1-4H,5-6H2,(H,14,17)(H,21,22). The maximum atomic E-state index is 12.9. The average Bonchev–Trinajstić information content (AvgIpc) is 3.16. The van der Waals surface area contributed by atoms with Crippen LogP contribution in [0.5, 0.6) is 0 Å². The topological polar surface area (TPSA) is 132 Å². The third-order valence-electron chi connectivity index (χ3n) is 2.97. The van der Waals surface area contributed by atoms with E-state index in [9.17, 15) is 9.18 Å². The maximum Gasteiger partial charge on any atom is 0.362 e. The first-order chi connectivity index (χ1) is 11.1. The second-order valence-corrected chi connectivity index (χ2v) is 4.50. The summed E-state index contributed by atoms with van der Waals surface area (Å²) in [7, 11) is 0. The fraction of sp³-hybridized carbons (Fsp3) is 0.167. The number of anilines is 1. The van der Waals surface area contributed by atoms with Gasteiger partial charge in [0, 0.05) is 6.42 Å². The summed E-state index contributed by atoms with van der Waals surface area (Å²) in [4.78, 5) is 10.9. The van der Waals surface area contributed by atoms with Gasteiger partial charge in [0.1, 0.15) is 12.5 Å². The molecular weight excluding hydrogens is 309 g/mol. The molecule has 3 rings (SSSR count). The minimum absolute atomic E-state index is 0.0271. The van der Waals surface area contributed by atoms with Gasteiger partial charge in [-0.3, -0.25) is 0 Å². The molecule has 0 fully saturated rings. The van der Waals surface area contributed by atoms with Gasteiger partial charge in [0.2, 0.25) is 11.5 Å². The third-order valence-corrected chi connectivity index (χ3v) is 2.97. The van der Waals surface area contributed by atoms with E-state index in [1.807, 2.05) is 0 Å². The molecule has 0 radical (unpaired) electrons. The smallest absolute Gasteiger partial charge is 0.362 e. The van der Waals surface area contributed by atoms with E-state index < -0.39 is 5.97 Å². The van der Waals surface area contributed by atoms with Crippen molar-refractivity contribution in [1.29, 1.82) is 0 Å². The van der Waals surface area contributed by atoms with Crippen molar-refractivity contribution in [2.45, 2.75) is 13.1 Å². The lowest BCUT2D eigenvalue weighted by Crippen LogP contribution is -2.15. The van der Waals surface area contributed by atoms with E-state index in [1.54, 1.807) is 12.1 Å². The Morgan fingerprint density at radius 3 is 2.83 bits per heavy atom. The van der Waals surface area contributed by atoms with Crippen molar-refractivity contribution in [1.82, 2.24) is 30.5 Å². The number of benzene rings is 1. The number of nitrogens with zero attached hydrogens (tertiary/aromatic N) is 6. The molecule has 2 aromatic heterocycles. The van der Waals surface area contributed by atoms with Crippen LogP contribution in [0.15, 0.2) is 28.9 Å². The molecule has 0 atom stereocenters. The highest BCUT2D eigenvalue weighted by atomic mass is 19.1. The molecule has 10 nitrogen and oxygen atoms in total. The van der Waals surface area contributed by atoms with Gasteiger partial charge in [0.25, 0.3) is 0 Å². The number of aromatic nitrogens is 6. The van der Waals surface area contributed by atoms with Crippen LogP contribution in [-0.2, 0) is 13.1 Å². The molecule has 0 aliphatic carbocycles. The second kappa shape index (κ2) is 6.17. The fourth-order valence-electron chi connectivity index (χ4n) is 1.85. The Labute approximate surface area is 127 Å². The fourth-order valence-corrected chi connectivity index (χ4v) is 1.85. The van der Waals surface area contributed by atoms with E-state index in [4.69, 9.17) is 5.11 Å². The molecule has 118 valence electrons. The van der Waals surface area contributed by atoms with Gasteiger partial charge in [-0.1, -0.05) is 12.1 Å². The number of nitrogens with one attached hydrogen (secondary N) is 1. The van der Waals surface area contributed by atoms with Crippen molar-refractivity contribution < 1.29 is 18.9 Å². The van der Waals surface area contributed by atoms with Crippen LogP contribution in [-0.4, -0.2) is 41.6 Å². The number of hydrogen-bond acceptors (Lipinski definition) is 8. The average molecular weight is 319 g/mol. The molecule has 23 heavy (non-hydrogen) atoms. The van der Waals surface area contributed by atoms with Crippen LogP contribution in [0.1, 0.15) is 21.9 Å². The van der Waals surface area contributed by atoms with E-state index in [1.165, 1.54) is 16.8 Å². The molecule has 0 saturated carbocycles. The molecule has 0 unspecified atom stereocenters. The Morgan fingerprint density at radius 1 is 1.30 bits per heavy atom. The summed E-state index contributed by atoms with van der Waals surface area (Å²) < 4.78 is 18.7. The first kappa shape index (κ1) is 14.6. The van der Waals surface area contributed by atoms with Gasteiger partial charge >= 0.3 is 5.97 Å². The van der Waals surface area contributed by atoms with Crippen molar-refractivity contribution in [3.8, 4) is 0 Å². The summed E-state index contributed by atoms with van der Waals surface area (Å²) in [6, 6.07) is 5.96. The highest BCUT2D eigenvalue weighted by molar-refractivity contribution is 5.90. The highest BCUT2D eigenvalue weighted by Crippen LogP contribution is 2.11. The number of rotatable bonds is 6. The van der Waals surface area contributed by atoms with Crippen LogP contribution in [0.25, 0.3) is 0 Å². The number of aromatic carboxylic acids is 1. The predicted octanol–water partition coefficient (Wildman–Crippen LogP) is 0.554. The third kappa shape index (κ3) is 3.28. The van der Waals surface area contributed by atoms with Gasteiger partial charge < -0.3 is 10.4 Å². The van der Waals surface area contributed by atoms with E-state index in [0.29, 0.717) is 12.2 Å². The van der Waals surface area contributed by atoms with Crippen molar-refractivity contribution >= 4 is 11.8 Å². The minimum atomic E-state index is -1.27. The molecule has 0 spiro atoms. The van der Waals surface area contributed by atoms with Crippen molar-refractivity contribution in [3.05, 3.63) is 47.2 Å². The zero-order valence-electron chi connectivity index (χ0n) is 11.5. The first-order valence-corrected chi connectivity index (χ1v) is 6.42.